The van der Waals surface area contributed by atoms with Gasteiger partial charge in [0.25, 0.3) is 0 Å². The zero-order valence-corrected chi connectivity index (χ0v) is 29.0. The van der Waals surface area contributed by atoms with Crippen molar-refractivity contribution in [1.82, 2.24) is 19.5 Å². The average molecular weight is 691 g/mol. The second-order valence-corrected chi connectivity index (χ2v) is 13.6. The topological polar surface area (TPSA) is 56.7 Å². The van der Waals surface area contributed by atoms with Gasteiger partial charge in [0.05, 0.1) is 11.0 Å². The lowest BCUT2D eigenvalue weighted by atomic mass is 9.99. The molecule has 5 heteroatoms. The van der Waals surface area contributed by atoms with Crippen molar-refractivity contribution < 1.29 is 4.42 Å². The van der Waals surface area contributed by atoms with Crippen LogP contribution in [0.3, 0.4) is 0 Å². The molecule has 0 saturated heterocycles. The van der Waals surface area contributed by atoms with E-state index in [0.29, 0.717) is 17.6 Å². The van der Waals surface area contributed by atoms with E-state index in [1.165, 1.54) is 10.8 Å². The van der Waals surface area contributed by atoms with Crippen LogP contribution in [0, 0.1) is 0 Å². The van der Waals surface area contributed by atoms with Crippen LogP contribution in [0.1, 0.15) is 0 Å². The van der Waals surface area contributed by atoms with Crippen molar-refractivity contribution in [2.24, 2.45) is 0 Å². The molecular formula is C49H30N4O. The molecule has 0 saturated carbocycles. The van der Waals surface area contributed by atoms with Gasteiger partial charge in [-0.1, -0.05) is 158 Å². The van der Waals surface area contributed by atoms with Crippen LogP contribution in [0.15, 0.2) is 186 Å². The predicted molar refractivity (Wildman–Crippen MR) is 221 cm³/mol. The predicted octanol–water partition coefficient (Wildman–Crippen LogP) is 12.7. The minimum Gasteiger partial charge on any atom is -0.456 e. The molecule has 0 fully saturated rings. The number of furan rings is 1. The normalized spacial score (nSPS) is 11.7. The standard InChI is InChI=1S/C49H30N4O/c1-3-12-31(13-4-1)32-22-24-35(25-23-32)48-50-47(34-15-5-2-6-16-34)51-49(52-48)53-42-21-10-9-18-39(42)40-20-11-19-38(46(40)53)36-26-28-41-44(30-36)54-43-29-27-33-14-7-8-17-37(33)45(41)43/h1-30H. The number of para-hydroxylation sites is 2. The molecule has 54 heavy (non-hydrogen) atoms. The maximum absolute atomic E-state index is 6.53. The molecule has 0 aliphatic rings. The molecule has 0 aliphatic heterocycles. The Balaban J connectivity index is 1.14. The fourth-order valence-electron chi connectivity index (χ4n) is 7.93. The average Bonchev–Trinajstić information content (AvgIpc) is 3.80. The second-order valence-electron chi connectivity index (χ2n) is 13.6. The Morgan fingerprint density at radius 1 is 0.389 bits per heavy atom. The largest absolute Gasteiger partial charge is 0.456 e. The van der Waals surface area contributed by atoms with Crippen LogP contribution in [0.25, 0.3) is 105 Å². The molecule has 3 aromatic heterocycles. The third-order valence-corrected chi connectivity index (χ3v) is 10.5. The van der Waals surface area contributed by atoms with E-state index in [0.717, 1.165) is 77.1 Å². The number of aromatic nitrogens is 4. The lowest BCUT2D eigenvalue weighted by Crippen LogP contribution is -2.07. The highest BCUT2D eigenvalue weighted by Crippen LogP contribution is 2.41. The van der Waals surface area contributed by atoms with E-state index < -0.39 is 0 Å². The first-order valence-corrected chi connectivity index (χ1v) is 18.1. The number of hydrogen-bond acceptors (Lipinski definition) is 4. The van der Waals surface area contributed by atoms with Crippen molar-refractivity contribution in [3.05, 3.63) is 182 Å². The lowest BCUT2D eigenvalue weighted by Gasteiger charge is -2.13. The summed E-state index contributed by atoms with van der Waals surface area (Å²) in [4.78, 5) is 15.5. The van der Waals surface area contributed by atoms with Gasteiger partial charge in [-0.15, -0.1) is 0 Å². The number of nitrogens with zero attached hydrogens (tertiary/aromatic N) is 4. The fraction of sp³-hybridized carbons (Fsp3) is 0. The highest BCUT2D eigenvalue weighted by molar-refractivity contribution is 6.20. The van der Waals surface area contributed by atoms with E-state index in [-0.39, 0.29) is 0 Å². The van der Waals surface area contributed by atoms with Gasteiger partial charge >= 0.3 is 0 Å². The molecule has 8 aromatic carbocycles. The summed E-state index contributed by atoms with van der Waals surface area (Å²) in [7, 11) is 0. The Morgan fingerprint density at radius 3 is 1.80 bits per heavy atom. The van der Waals surface area contributed by atoms with Gasteiger partial charge in [0.1, 0.15) is 11.2 Å². The van der Waals surface area contributed by atoms with Crippen LogP contribution in [0.4, 0.5) is 0 Å². The third kappa shape index (κ3) is 4.83. The first-order chi connectivity index (χ1) is 26.8. The molecule has 0 aliphatic carbocycles. The summed E-state index contributed by atoms with van der Waals surface area (Å²) in [6, 6.07) is 63.2. The van der Waals surface area contributed by atoms with E-state index in [9.17, 15) is 0 Å². The third-order valence-electron chi connectivity index (χ3n) is 10.5. The van der Waals surface area contributed by atoms with Gasteiger partial charge in [-0.05, 0) is 51.7 Å². The maximum Gasteiger partial charge on any atom is 0.238 e. The first kappa shape index (κ1) is 30.3. The van der Waals surface area contributed by atoms with E-state index in [2.05, 4.69) is 150 Å². The van der Waals surface area contributed by atoms with Gasteiger partial charge in [0.2, 0.25) is 5.95 Å². The number of fused-ring (bicyclic) bond motifs is 8. The monoisotopic (exact) mass is 690 g/mol. The molecule has 252 valence electrons. The van der Waals surface area contributed by atoms with Crippen molar-refractivity contribution in [2.45, 2.75) is 0 Å². The maximum atomic E-state index is 6.53. The van der Waals surface area contributed by atoms with Crippen LogP contribution < -0.4 is 0 Å². The Hall–Kier alpha value is -7.37. The van der Waals surface area contributed by atoms with Gasteiger partial charge in [0, 0.05) is 38.2 Å². The number of benzene rings is 8. The van der Waals surface area contributed by atoms with Crippen LogP contribution >= 0.6 is 0 Å². The fourth-order valence-corrected chi connectivity index (χ4v) is 7.93. The van der Waals surface area contributed by atoms with E-state index in [1.807, 2.05) is 36.4 Å². The second kappa shape index (κ2) is 12.1. The van der Waals surface area contributed by atoms with Crippen LogP contribution in [0.2, 0.25) is 0 Å². The minimum absolute atomic E-state index is 0.556. The summed E-state index contributed by atoms with van der Waals surface area (Å²) in [5.41, 5.74) is 10.0. The molecule has 0 radical (unpaired) electrons. The zero-order chi connectivity index (χ0) is 35.6. The molecule has 0 atom stereocenters. The molecule has 11 rings (SSSR count). The van der Waals surface area contributed by atoms with Crippen molar-refractivity contribution in [3.63, 3.8) is 0 Å². The van der Waals surface area contributed by atoms with E-state index >= 15 is 0 Å². The Bertz CT molecular complexity index is 3200. The van der Waals surface area contributed by atoms with E-state index in [1.54, 1.807) is 0 Å². The summed E-state index contributed by atoms with van der Waals surface area (Å²) in [6.45, 7) is 0. The molecule has 0 unspecified atom stereocenters. The SMILES string of the molecule is c1ccc(-c2ccc(-c3nc(-c4ccccc4)nc(-n4c5ccccc5c5cccc(-c6ccc7c(c6)oc6ccc8ccccc8c67)c54)n3)cc2)cc1. The summed E-state index contributed by atoms with van der Waals surface area (Å²) < 4.78 is 8.74. The van der Waals surface area contributed by atoms with Crippen molar-refractivity contribution >= 4 is 54.5 Å². The smallest absolute Gasteiger partial charge is 0.238 e. The van der Waals surface area contributed by atoms with Gasteiger partial charge in [0.15, 0.2) is 11.6 Å². The molecule has 5 nitrogen and oxygen atoms in total. The van der Waals surface area contributed by atoms with Crippen molar-refractivity contribution in [3.8, 4) is 51.0 Å². The molecular weight excluding hydrogens is 661 g/mol. The van der Waals surface area contributed by atoms with Crippen LogP contribution in [0.5, 0.6) is 0 Å². The summed E-state index contributed by atoms with van der Waals surface area (Å²) in [5, 5.41) is 6.88. The van der Waals surface area contributed by atoms with Crippen molar-refractivity contribution in [1.29, 1.82) is 0 Å². The molecule has 0 bridgehead atoms. The molecule has 3 heterocycles. The highest BCUT2D eigenvalue weighted by Gasteiger charge is 2.21. The minimum atomic E-state index is 0.556. The zero-order valence-electron chi connectivity index (χ0n) is 29.0. The molecule has 0 N–H and O–H groups in total. The van der Waals surface area contributed by atoms with Crippen LogP contribution in [-0.2, 0) is 0 Å². The Morgan fingerprint density at radius 2 is 1.00 bits per heavy atom. The van der Waals surface area contributed by atoms with Crippen LogP contribution in [-0.4, -0.2) is 19.5 Å². The summed E-state index contributed by atoms with van der Waals surface area (Å²) >= 11 is 0. The first-order valence-electron chi connectivity index (χ1n) is 18.1. The van der Waals surface area contributed by atoms with Gasteiger partial charge in [-0.2, -0.15) is 9.97 Å². The van der Waals surface area contributed by atoms with E-state index in [4.69, 9.17) is 19.4 Å². The van der Waals surface area contributed by atoms with Gasteiger partial charge in [-0.25, -0.2) is 4.98 Å². The number of rotatable bonds is 5. The van der Waals surface area contributed by atoms with Crippen molar-refractivity contribution in [2.75, 3.05) is 0 Å². The van der Waals surface area contributed by atoms with Gasteiger partial charge < -0.3 is 4.42 Å². The Labute approximate surface area is 310 Å². The Kier molecular flexibility index (Phi) is 6.79. The molecule has 0 amide bonds. The number of hydrogen-bond donors (Lipinski definition) is 0. The highest BCUT2D eigenvalue weighted by atomic mass is 16.3. The van der Waals surface area contributed by atoms with Gasteiger partial charge in [-0.3, -0.25) is 4.57 Å². The molecule has 0 spiro atoms. The quantitative estimate of drug-likeness (QED) is 0.180. The summed E-state index contributed by atoms with van der Waals surface area (Å²) in [6.07, 6.45) is 0. The molecule has 11 aromatic rings. The summed E-state index contributed by atoms with van der Waals surface area (Å²) in [5.74, 6) is 1.78. The lowest BCUT2D eigenvalue weighted by molar-refractivity contribution is 0.669.